The van der Waals surface area contributed by atoms with Gasteiger partial charge in [-0.2, -0.15) is 0 Å². The van der Waals surface area contributed by atoms with Gasteiger partial charge in [0.2, 0.25) is 5.91 Å². The van der Waals surface area contributed by atoms with Crippen molar-refractivity contribution in [1.29, 1.82) is 0 Å². The lowest BCUT2D eigenvalue weighted by molar-refractivity contribution is -0.136. The Bertz CT molecular complexity index is 1040. The van der Waals surface area contributed by atoms with Crippen LogP contribution in [0, 0.1) is 0 Å². The minimum absolute atomic E-state index is 0.00337. The molecular formula is C22H23N3O4. The average molecular weight is 393 g/mol. The number of carbonyl (C=O) groups excluding carboxylic acids is 1. The van der Waals surface area contributed by atoms with Gasteiger partial charge in [-0.1, -0.05) is 0 Å². The van der Waals surface area contributed by atoms with Crippen molar-refractivity contribution in [1.82, 2.24) is 4.57 Å². The molecule has 0 aliphatic carbocycles. The summed E-state index contributed by atoms with van der Waals surface area (Å²) in [7, 11) is 1.61. The van der Waals surface area contributed by atoms with Gasteiger partial charge in [0.1, 0.15) is 5.75 Å². The first-order valence-electron chi connectivity index (χ1n) is 9.14. The van der Waals surface area contributed by atoms with Gasteiger partial charge in [0.05, 0.1) is 24.9 Å². The van der Waals surface area contributed by atoms with Crippen molar-refractivity contribution in [3.63, 3.8) is 0 Å². The molecule has 0 spiro atoms. The van der Waals surface area contributed by atoms with E-state index in [0.29, 0.717) is 12.0 Å². The summed E-state index contributed by atoms with van der Waals surface area (Å²) < 4.78 is 7.21. The third kappa shape index (κ3) is 4.30. The minimum Gasteiger partial charge on any atom is -0.497 e. The molecule has 3 aromatic rings. The standard InChI is InChI=1S/C22H23N3O4/c1-29-18-7-2-14(3-8-18)19-10-5-17(6-11-21(26)27)25(19)20-9-4-15(22(24)28)12-16(20)13-23/h2-5,7-10,12H,6,11,13,23H2,1H3,(H2,24,28)(H,26,27). The van der Waals surface area contributed by atoms with Crippen LogP contribution in [-0.4, -0.2) is 28.7 Å². The molecule has 2 aromatic carbocycles. The van der Waals surface area contributed by atoms with Gasteiger partial charge in [0, 0.05) is 17.8 Å². The Morgan fingerprint density at radius 3 is 2.38 bits per heavy atom. The third-order valence-electron chi connectivity index (χ3n) is 4.77. The largest absolute Gasteiger partial charge is 0.497 e. The topological polar surface area (TPSA) is 121 Å². The average Bonchev–Trinajstić information content (AvgIpc) is 3.15. The van der Waals surface area contributed by atoms with Gasteiger partial charge in [-0.05, 0) is 72.1 Å². The van der Waals surface area contributed by atoms with Crippen molar-refractivity contribution in [2.45, 2.75) is 19.4 Å². The van der Waals surface area contributed by atoms with Crippen LogP contribution in [0.1, 0.15) is 28.0 Å². The number of primary amides is 1. The summed E-state index contributed by atoms with van der Waals surface area (Å²) in [6.07, 6.45) is 0.358. The lowest BCUT2D eigenvalue weighted by Gasteiger charge is -2.18. The Hall–Kier alpha value is -3.58. The van der Waals surface area contributed by atoms with Crippen LogP contribution in [0.25, 0.3) is 16.9 Å². The number of carboxylic acid groups (broad SMARTS) is 1. The highest BCUT2D eigenvalue weighted by molar-refractivity contribution is 5.93. The summed E-state index contributed by atoms with van der Waals surface area (Å²) in [5, 5.41) is 9.12. The third-order valence-corrected chi connectivity index (χ3v) is 4.77. The highest BCUT2D eigenvalue weighted by atomic mass is 16.5. The lowest BCUT2D eigenvalue weighted by Crippen LogP contribution is -2.14. The number of hydrogen-bond donors (Lipinski definition) is 3. The highest BCUT2D eigenvalue weighted by Gasteiger charge is 2.16. The number of hydrogen-bond acceptors (Lipinski definition) is 4. The molecule has 0 fully saturated rings. The van der Waals surface area contributed by atoms with Crippen LogP contribution in [0.15, 0.2) is 54.6 Å². The molecule has 0 unspecified atom stereocenters. The first-order chi connectivity index (χ1) is 13.9. The molecule has 150 valence electrons. The molecule has 0 aliphatic rings. The van der Waals surface area contributed by atoms with Gasteiger partial charge in [-0.3, -0.25) is 9.59 Å². The van der Waals surface area contributed by atoms with E-state index in [4.69, 9.17) is 21.3 Å². The van der Waals surface area contributed by atoms with Crippen LogP contribution in [0.4, 0.5) is 0 Å². The van der Waals surface area contributed by atoms with E-state index in [1.807, 2.05) is 41.0 Å². The van der Waals surface area contributed by atoms with Crippen molar-refractivity contribution < 1.29 is 19.4 Å². The van der Waals surface area contributed by atoms with Crippen molar-refractivity contribution in [2.24, 2.45) is 11.5 Å². The van der Waals surface area contributed by atoms with Crippen LogP contribution in [0.2, 0.25) is 0 Å². The molecule has 1 heterocycles. The monoisotopic (exact) mass is 393 g/mol. The number of methoxy groups -OCH3 is 1. The zero-order valence-electron chi connectivity index (χ0n) is 16.1. The Balaban J connectivity index is 2.17. The lowest BCUT2D eigenvalue weighted by atomic mass is 10.1. The van der Waals surface area contributed by atoms with Crippen LogP contribution in [-0.2, 0) is 17.8 Å². The molecule has 1 amide bonds. The number of amides is 1. The quantitative estimate of drug-likeness (QED) is 0.543. The first kappa shape index (κ1) is 20.2. The van der Waals surface area contributed by atoms with Gasteiger partial charge in [0.15, 0.2) is 0 Å². The molecule has 5 N–H and O–H groups in total. The normalized spacial score (nSPS) is 10.7. The van der Waals surface area contributed by atoms with Crippen LogP contribution in [0.5, 0.6) is 5.75 Å². The van der Waals surface area contributed by atoms with Crippen molar-refractivity contribution >= 4 is 11.9 Å². The van der Waals surface area contributed by atoms with Gasteiger partial charge >= 0.3 is 5.97 Å². The fraction of sp³-hybridized carbons (Fsp3) is 0.182. The van der Waals surface area contributed by atoms with Crippen LogP contribution < -0.4 is 16.2 Å². The molecule has 7 nitrogen and oxygen atoms in total. The molecule has 7 heteroatoms. The fourth-order valence-electron chi connectivity index (χ4n) is 3.30. The van der Waals surface area contributed by atoms with Crippen LogP contribution >= 0.6 is 0 Å². The Labute approximate surface area is 168 Å². The minimum atomic E-state index is -0.869. The molecule has 0 bridgehead atoms. The van der Waals surface area contributed by atoms with E-state index < -0.39 is 11.9 Å². The van der Waals surface area contributed by atoms with Gasteiger partial charge < -0.3 is 25.9 Å². The second kappa shape index (κ2) is 8.62. The number of benzene rings is 2. The second-order valence-electron chi connectivity index (χ2n) is 6.58. The fourth-order valence-corrected chi connectivity index (χ4v) is 3.30. The molecule has 0 aliphatic heterocycles. The SMILES string of the molecule is COc1ccc(-c2ccc(CCC(=O)O)n2-c2ccc(C(N)=O)cc2CN)cc1. The van der Waals surface area contributed by atoms with E-state index in [-0.39, 0.29) is 13.0 Å². The van der Waals surface area contributed by atoms with E-state index in [1.165, 1.54) is 0 Å². The summed E-state index contributed by atoms with van der Waals surface area (Å²) in [6.45, 7) is 0.203. The summed E-state index contributed by atoms with van der Waals surface area (Å²) >= 11 is 0. The molecule has 0 radical (unpaired) electrons. The number of carbonyl (C=O) groups is 2. The molecule has 0 saturated carbocycles. The number of aryl methyl sites for hydroxylation is 1. The number of aromatic nitrogens is 1. The first-order valence-corrected chi connectivity index (χ1v) is 9.14. The van der Waals surface area contributed by atoms with Crippen molar-refractivity contribution in [2.75, 3.05) is 7.11 Å². The van der Waals surface area contributed by atoms with E-state index in [9.17, 15) is 9.59 Å². The van der Waals surface area contributed by atoms with Gasteiger partial charge in [-0.15, -0.1) is 0 Å². The predicted octanol–water partition coefficient (Wildman–Crippen LogP) is 2.73. The maximum Gasteiger partial charge on any atom is 0.303 e. The van der Waals surface area contributed by atoms with Crippen LogP contribution in [0.3, 0.4) is 0 Å². The number of ether oxygens (including phenoxy) is 1. The number of carboxylic acids is 1. The Kier molecular flexibility index (Phi) is 5.99. The number of rotatable bonds is 8. The Morgan fingerprint density at radius 1 is 1.07 bits per heavy atom. The van der Waals surface area contributed by atoms with E-state index in [0.717, 1.165) is 34.0 Å². The molecule has 1 aromatic heterocycles. The van der Waals surface area contributed by atoms with Crippen molar-refractivity contribution in [3.8, 4) is 22.7 Å². The summed E-state index contributed by atoms with van der Waals surface area (Å²) in [5.74, 6) is -0.654. The van der Waals surface area contributed by atoms with Gasteiger partial charge in [-0.25, -0.2) is 0 Å². The zero-order valence-corrected chi connectivity index (χ0v) is 16.1. The summed E-state index contributed by atoms with van der Waals surface area (Å²) in [5.41, 5.74) is 15.9. The van der Waals surface area contributed by atoms with E-state index in [1.54, 1.807) is 25.3 Å². The molecule has 3 rings (SSSR count). The summed E-state index contributed by atoms with van der Waals surface area (Å²) in [4.78, 5) is 22.7. The molecule has 0 atom stereocenters. The van der Waals surface area contributed by atoms with Gasteiger partial charge in [0.25, 0.3) is 0 Å². The maximum atomic E-state index is 11.6. The maximum absolute atomic E-state index is 11.6. The smallest absolute Gasteiger partial charge is 0.303 e. The van der Waals surface area contributed by atoms with E-state index >= 15 is 0 Å². The highest BCUT2D eigenvalue weighted by Crippen LogP contribution is 2.30. The number of nitrogens with two attached hydrogens (primary N) is 2. The molecular weight excluding hydrogens is 370 g/mol. The second-order valence-corrected chi connectivity index (χ2v) is 6.58. The number of nitrogens with zero attached hydrogens (tertiary/aromatic N) is 1. The predicted molar refractivity (Wildman–Crippen MR) is 110 cm³/mol. The summed E-state index contributed by atoms with van der Waals surface area (Å²) in [6, 6.07) is 16.6. The van der Waals surface area contributed by atoms with Crippen molar-refractivity contribution in [3.05, 3.63) is 71.4 Å². The Morgan fingerprint density at radius 2 is 1.79 bits per heavy atom. The number of aliphatic carboxylic acids is 1. The molecule has 0 saturated heterocycles. The molecule has 29 heavy (non-hydrogen) atoms. The zero-order chi connectivity index (χ0) is 21.0. The van der Waals surface area contributed by atoms with E-state index in [2.05, 4.69) is 0 Å².